The van der Waals surface area contributed by atoms with E-state index in [4.69, 9.17) is 17.3 Å². The summed E-state index contributed by atoms with van der Waals surface area (Å²) in [6.07, 6.45) is 0. The maximum Gasteiger partial charge on any atom is 0.187 e. The summed E-state index contributed by atoms with van der Waals surface area (Å²) < 4.78 is 15.3. The van der Waals surface area contributed by atoms with Crippen molar-refractivity contribution in [1.29, 1.82) is 0 Å². The summed E-state index contributed by atoms with van der Waals surface area (Å²) in [6.45, 7) is 1.62. The van der Waals surface area contributed by atoms with E-state index in [-0.39, 0.29) is 0 Å². The lowest BCUT2D eigenvalue weighted by Crippen LogP contribution is -2.02. The van der Waals surface area contributed by atoms with E-state index in [0.717, 1.165) is 0 Å². The van der Waals surface area contributed by atoms with E-state index in [1.807, 2.05) is 6.07 Å². The SMILES string of the molecule is Cc1c(N)cc(-c2nnnn2-c2ccccc2Cl)cc1F. The van der Waals surface area contributed by atoms with Gasteiger partial charge in [-0.05, 0) is 41.6 Å². The first-order valence-electron chi connectivity index (χ1n) is 6.17. The number of benzene rings is 2. The molecule has 0 bridgehead atoms. The van der Waals surface area contributed by atoms with Crippen LogP contribution in [0.3, 0.4) is 0 Å². The predicted molar refractivity (Wildman–Crippen MR) is 78.7 cm³/mol. The molecule has 0 aliphatic rings. The van der Waals surface area contributed by atoms with Gasteiger partial charge in [0.15, 0.2) is 5.82 Å². The van der Waals surface area contributed by atoms with Crippen molar-refractivity contribution in [2.75, 3.05) is 5.73 Å². The van der Waals surface area contributed by atoms with Gasteiger partial charge in [-0.3, -0.25) is 0 Å². The molecule has 3 rings (SSSR count). The number of hydrogen-bond acceptors (Lipinski definition) is 4. The van der Waals surface area contributed by atoms with Crippen molar-refractivity contribution in [3.05, 3.63) is 52.8 Å². The zero-order valence-electron chi connectivity index (χ0n) is 11.1. The van der Waals surface area contributed by atoms with Crippen LogP contribution in [0.4, 0.5) is 10.1 Å². The van der Waals surface area contributed by atoms with E-state index in [9.17, 15) is 4.39 Å². The van der Waals surface area contributed by atoms with Gasteiger partial charge in [0, 0.05) is 16.8 Å². The second-order valence-corrected chi connectivity index (χ2v) is 4.95. The molecule has 0 radical (unpaired) electrons. The number of halogens is 2. The first kappa shape index (κ1) is 13.5. The van der Waals surface area contributed by atoms with Crippen LogP contribution in [-0.2, 0) is 0 Å². The third-order valence-electron chi connectivity index (χ3n) is 3.19. The van der Waals surface area contributed by atoms with E-state index in [2.05, 4.69) is 15.5 Å². The Labute approximate surface area is 125 Å². The van der Waals surface area contributed by atoms with Crippen LogP contribution in [-0.4, -0.2) is 20.2 Å². The Morgan fingerprint density at radius 1 is 1.24 bits per heavy atom. The van der Waals surface area contributed by atoms with Gasteiger partial charge in [0.1, 0.15) is 5.82 Å². The Morgan fingerprint density at radius 3 is 2.71 bits per heavy atom. The standard InChI is InChI=1S/C14H11ClFN5/c1-8-11(16)6-9(7-12(8)17)14-18-19-20-21(14)13-5-3-2-4-10(13)15/h2-7H,17H2,1H3. The maximum absolute atomic E-state index is 13.9. The van der Waals surface area contributed by atoms with Crippen LogP contribution in [0.5, 0.6) is 0 Å². The Morgan fingerprint density at radius 2 is 2.00 bits per heavy atom. The fraction of sp³-hybridized carbons (Fsp3) is 0.0714. The lowest BCUT2D eigenvalue weighted by atomic mass is 10.1. The monoisotopic (exact) mass is 303 g/mol. The number of aromatic nitrogens is 4. The van der Waals surface area contributed by atoms with E-state index < -0.39 is 5.82 Å². The highest BCUT2D eigenvalue weighted by molar-refractivity contribution is 6.32. The van der Waals surface area contributed by atoms with Crippen molar-refractivity contribution in [3.8, 4) is 17.1 Å². The molecule has 2 N–H and O–H groups in total. The minimum Gasteiger partial charge on any atom is -0.398 e. The van der Waals surface area contributed by atoms with Crippen molar-refractivity contribution in [2.45, 2.75) is 6.92 Å². The quantitative estimate of drug-likeness (QED) is 0.739. The normalized spacial score (nSPS) is 10.8. The van der Waals surface area contributed by atoms with Gasteiger partial charge in [0.05, 0.1) is 10.7 Å². The Kier molecular flexibility index (Phi) is 3.31. The highest BCUT2D eigenvalue weighted by Crippen LogP contribution is 2.27. The highest BCUT2D eigenvalue weighted by Gasteiger charge is 2.15. The van der Waals surface area contributed by atoms with Gasteiger partial charge in [0.2, 0.25) is 0 Å². The molecule has 0 spiro atoms. The first-order chi connectivity index (χ1) is 10.1. The molecule has 0 amide bonds. The summed E-state index contributed by atoms with van der Waals surface area (Å²) in [7, 11) is 0. The molecule has 1 aromatic heterocycles. The van der Waals surface area contributed by atoms with Gasteiger partial charge >= 0.3 is 0 Å². The molecule has 5 nitrogen and oxygen atoms in total. The maximum atomic E-state index is 13.9. The number of para-hydroxylation sites is 1. The molecule has 106 valence electrons. The lowest BCUT2D eigenvalue weighted by Gasteiger charge is -2.08. The molecule has 1 heterocycles. The van der Waals surface area contributed by atoms with Crippen molar-refractivity contribution < 1.29 is 4.39 Å². The number of nitrogens with zero attached hydrogens (tertiary/aromatic N) is 4. The first-order valence-corrected chi connectivity index (χ1v) is 6.55. The molecular formula is C14H11ClFN5. The Balaban J connectivity index is 2.18. The van der Waals surface area contributed by atoms with Crippen molar-refractivity contribution in [3.63, 3.8) is 0 Å². The molecule has 0 saturated heterocycles. The van der Waals surface area contributed by atoms with Crippen LogP contribution < -0.4 is 5.73 Å². The van der Waals surface area contributed by atoms with Crippen LogP contribution in [0.1, 0.15) is 5.56 Å². The molecular weight excluding hydrogens is 293 g/mol. The van der Waals surface area contributed by atoms with E-state index in [1.54, 1.807) is 31.2 Å². The summed E-state index contributed by atoms with van der Waals surface area (Å²) in [5.74, 6) is -0.0348. The predicted octanol–water partition coefficient (Wildman–Crippen LogP) is 3.01. The number of nitrogens with two attached hydrogens (primary N) is 1. The van der Waals surface area contributed by atoms with Gasteiger partial charge in [-0.2, -0.15) is 4.68 Å². The Bertz CT molecular complexity index is 792. The third-order valence-corrected chi connectivity index (χ3v) is 3.51. The van der Waals surface area contributed by atoms with Gasteiger partial charge in [-0.25, -0.2) is 4.39 Å². The molecule has 0 atom stereocenters. The van der Waals surface area contributed by atoms with Gasteiger partial charge in [-0.1, -0.05) is 23.7 Å². The molecule has 0 saturated carbocycles. The molecule has 0 fully saturated rings. The minimum absolute atomic E-state index is 0.346. The molecule has 7 heteroatoms. The number of tetrazole rings is 1. The van der Waals surface area contributed by atoms with Crippen LogP contribution >= 0.6 is 11.6 Å². The molecule has 0 unspecified atom stereocenters. The summed E-state index contributed by atoms with van der Waals surface area (Å²) >= 11 is 6.15. The van der Waals surface area contributed by atoms with E-state index in [1.165, 1.54) is 10.7 Å². The van der Waals surface area contributed by atoms with Crippen LogP contribution in [0, 0.1) is 12.7 Å². The zero-order valence-corrected chi connectivity index (χ0v) is 11.8. The number of rotatable bonds is 2. The van der Waals surface area contributed by atoms with Gasteiger partial charge in [-0.15, -0.1) is 5.10 Å². The summed E-state index contributed by atoms with van der Waals surface area (Å²) in [4.78, 5) is 0. The fourth-order valence-corrected chi connectivity index (χ4v) is 2.20. The number of anilines is 1. The van der Waals surface area contributed by atoms with Crippen LogP contribution in [0.2, 0.25) is 5.02 Å². The molecule has 0 aliphatic heterocycles. The largest absolute Gasteiger partial charge is 0.398 e. The van der Waals surface area contributed by atoms with Crippen molar-refractivity contribution in [1.82, 2.24) is 20.2 Å². The summed E-state index contributed by atoms with van der Waals surface area (Å²) in [5, 5.41) is 12.0. The zero-order chi connectivity index (χ0) is 15.0. The van der Waals surface area contributed by atoms with Gasteiger partial charge < -0.3 is 5.73 Å². The van der Waals surface area contributed by atoms with Crippen LogP contribution in [0.15, 0.2) is 36.4 Å². The molecule has 21 heavy (non-hydrogen) atoms. The summed E-state index contributed by atoms with van der Waals surface area (Å²) in [5.41, 5.74) is 7.64. The smallest absolute Gasteiger partial charge is 0.187 e. The van der Waals surface area contributed by atoms with Crippen LogP contribution in [0.25, 0.3) is 17.1 Å². The minimum atomic E-state index is -0.404. The third kappa shape index (κ3) is 2.34. The molecule has 2 aromatic carbocycles. The number of hydrogen-bond donors (Lipinski definition) is 1. The fourth-order valence-electron chi connectivity index (χ4n) is 1.98. The van der Waals surface area contributed by atoms with Gasteiger partial charge in [0.25, 0.3) is 0 Å². The molecule has 0 aliphatic carbocycles. The average molecular weight is 304 g/mol. The topological polar surface area (TPSA) is 69.6 Å². The average Bonchev–Trinajstić information content (AvgIpc) is 2.94. The second-order valence-electron chi connectivity index (χ2n) is 4.54. The van der Waals surface area contributed by atoms with E-state index in [0.29, 0.717) is 33.3 Å². The van der Waals surface area contributed by atoms with E-state index >= 15 is 0 Å². The lowest BCUT2D eigenvalue weighted by molar-refractivity contribution is 0.619. The number of nitrogen functional groups attached to an aromatic ring is 1. The van der Waals surface area contributed by atoms with Crippen molar-refractivity contribution >= 4 is 17.3 Å². The Hall–Kier alpha value is -2.47. The second kappa shape index (κ2) is 5.14. The van der Waals surface area contributed by atoms with Crippen molar-refractivity contribution in [2.24, 2.45) is 0 Å². The highest BCUT2D eigenvalue weighted by atomic mass is 35.5. The molecule has 3 aromatic rings. The summed E-state index contributed by atoms with van der Waals surface area (Å²) in [6, 6.07) is 10.1.